The highest BCUT2D eigenvalue weighted by molar-refractivity contribution is 7.91. The highest BCUT2D eigenvalue weighted by Crippen LogP contribution is 2.42. The molecule has 2 heterocycles. The Bertz CT molecular complexity index is 628. The normalized spacial score (nSPS) is 27.2. The second kappa shape index (κ2) is 4.97. The molecule has 0 radical (unpaired) electrons. The average molecular weight is 318 g/mol. The number of halogens is 2. The molecule has 1 unspecified atom stereocenters. The Balaban J connectivity index is 1.83. The van der Waals surface area contributed by atoms with Crippen molar-refractivity contribution >= 4 is 21.4 Å². The van der Waals surface area contributed by atoms with E-state index in [1.54, 1.807) is 6.07 Å². The summed E-state index contributed by atoms with van der Waals surface area (Å²) in [6, 6.07) is 4.44. The summed E-state index contributed by atoms with van der Waals surface area (Å²) in [6.07, 6.45) is 1.43. The Morgan fingerprint density at radius 1 is 1.40 bits per heavy atom. The van der Waals surface area contributed by atoms with Crippen LogP contribution in [-0.2, 0) is 16.3 Å². The van der Waals surface area contributed by atoms with Crippen LogP contribution in [0.2, 0.25) is 5.02 Å². The van der Waals surface area contributed by atoms with Crippen molar-refractivity contribution in [2.75, 3.05) is 24.6 Å². The first kappa shape index (κ1) is 14.3. The van der Waals surface area contributed by atoms with Crippen molar-refractivity contribution in [3.63, 3.8) is 0 Å². The van der Waals surface area contributed by atoms with Crippen molar-refractivity contribution in [2.24, 2.45) is 11.3 Å². The van der Waals surface area contributed by atoms with Crippen molar-refractivity contribution in [2.45, 2.75) is 12.8 Å². The van der Waals surface area contributed by atoms with Crippen LogP contribution in [0.15, 0.2) is 18.2 Å². The third kappa shape index (κ3) is 2.59. The first-order chi connectivity index (χ1) is 9.40. The van der Waals surface area contributed by atoms with Crippen LogP contribution in [0, 0.1) is 17.2 Å². The van der Waals surface area contributed by atoms with Crippen molar-refractivity contribution < 1.29 is 12.8 Å². The lowest BCUT2D eigenvalue weighted by Gasteiger charge is -2.47. The zero-order valence-electron chi connectivity index (χ0n) is 11.0. The number of nitrogens with one attached hydrogen (secondary N) is 1. The van der Waals surface area contributed by atoms with E-state index in [-0.39, 0.29) is 28.7 Å². The quantitative estimate of drug-likeness (QED) is 0.928. The Morgan fingerprint density at radius 3 is 2.65 bits per heavy atom. The molecule has 1 aromatic carbocycles. The second-order valence-corrected chi connectivity index (χ2v) is 8.61. The highest BCUT2D eigenvalue weighted by Gasteiger charge is 2.48. The lowest BCUT2D eigenvalue weighted by atomic mass is 9.67. The Kier molecular flexibility index (Phi) is 3.55. The van der Waals surface area contributed by atoms with Gasteiger partial charge in [0.25, 0.3) is 0 Å². The van der Waals surface area contributed by atoms with Gasteiger partial charge >= 0.3 is 0 Å². The van der Waals surface area contributed by atoms with E-state index in [9.17, 15) is 12.8 Å². The van der Waals surface area contributed by atoms with Crippen LogP contribution in [0.1, 0.15) is 12.0 Å². The summed E-state index contributed by atoms with van der Waals surface area (Å²) in [5.74, 6) is 0.391. The smallest absolute Gasteiger partial charge is 0.150 e. The maximum absolute atomic E-state index is 13.1. The molecule has 1 aromatic rings. The minimum atomic E-state index is -2.88. The molecule has 1 N–H and O–H groups in total. The molecule has 20 heavy (non-hydrogen) atoms. The maximum Gasteiger partial charge on any atom is 0.150 e. The van der Waals surface area contributed by atoms with Crippen LogP contribution in [0.25, 0.3) is 0 Å². The van der Waals surface area contributed by atoms with Gasteiger partial charge in [-0.25, -0.2) is 12.8 Å². The van der Waals surface area contributed by atoms with Gasteiger partial charge in [0.05, 0.1) is 11.5 Å². The Hall–Kier alpha value is -0.650. The monoisotopic (exact) mass is 317 g/mol. The summed E-state index contributed by atoms with van der Waals surface area (Å²) in [5, 5.41) is 3.67. The summed E-state index contributed by atoms with van der Waals surface area (Å²) in [7, 11) is -2.88. The predicted molar refractivity (Wildman–Crippen MR) is 77.2 cm³/mol. The fourth-order valence-electron chi connectivity index (χ4n) is 3.33. The van der Waals surface area contributed by atoms with Crippen molar-refractivity contribution in [3.8, 4) is 0 Å². The molecule has 2 fully saturated rings. The van der Waals surface area contributed by atoms with Crippen molar-refractivity contribution in [3.05, 3.63) is 34.6 Å². The standard InChI is InChI=1S/C14H17ClFNO2S/c15-13-5-12(16)2-1-10(13)6-14(8-17-9-14)11-3-4-20(18,19)7-11/h1-2,5,11,17H,3-4,6-9H2. The molecular weight excluding hydrogens is 301 g/mol. The number of hydrogen-bond donors (Lipinski definition) is 1. The molecule has 0 spiro atoms. The Morgan fingerprint density at radius 2 is 2.15 bits per heavy atom. The molecule has 2 aliphatic heterocycles. The van der Waals surface area contributed by atoms with Crippen LogP contribution in [0.5, 0.6) is 0 Å². The van der Waals surface area contributed by atoms with Gasteiger partial charge in [-0.15, -0.1) is 0 Å². The van der Waals surface area contributed by atoms with Crippen LogP contribution >= 0.6 is 11.6 Å². The zero-order chi connectivity index (χ0) is 14.4. The highest BCUT2D eigenvalue weighted by atomic mass is 35.5. The summed E-state index contributed by atoms with van der Waals surface area (Å²) in [6.45, 7) is 1.61. The van der Waals surface area contributed by atoms with Crippen molar-refractivity contribution in [1.82, 2.24) is 5.32 Å². The van der Waals surface area contributed by atoms with E-state index in [1.165, 1.54) is 12.1 Å². The molecule has 0 aliphatic carbocycles. The van der Waals surface area contributed by atoms with Gasteiger partial charge in [0, 0.05) is 23.5 Å². The van der Waals surface area contributed by atoms with E-state index in [0.717, 1.165) is 25.1 Å². The molecular formula is C14H17ClFNO2S. The van der Waals surface area contributed by atoms with Crippen LogP contribution in [0.3, 0.4) is 0 Å². The Labute approximate surface area is 123 Å². The zero-order valence-corrected chi connectivity index (χ0v) is 12.6. The van der Waals surface area contributed by atoms with Gasteiger partial charge in [-0.05, 0) is 36.5 Å². The van der Waals surface area contributed by atoms with Gasteiger partial charge in [-0.3, -0.25) is 0 Å². The van der Waals surface area contributed by atoms with E-state index in [2.05, 4.69) is 5.32 Å². The van der Waals surface area contributed by atoms with Gasteiger partial charge in [0.15, 0.2) is 9.84 Å². The molecule has 0 amide bonds. The first-order valence-corrected chi connectivity index (χ1v) is 8.95. The molecule has 1 atom stereocenters. The summed E-state index contributed by atoms with van der Waals surface area (Å²) < 4.78 is 36.5. The number of benzene rings is 1. The van der Waals surface area contributed by atoms with Gasteiger partial charge in [0.2, 0.25) is 0 Å². The largest absolute Gasteiger partial charge is 0.315 e. The molecule has 2 saturated heterocycles. The minimum absolute atomic E-state index is 0.0506. The van der Waals surface area contributed by atoms with Crippen molar-refractivity contribution in [1.29, 1.82) is 0 Å². The van der Waals surface area contributed by atoms with E-state index < -0.39 is 9.84 Å². The van der Waals surface area contributed by atoms with Crippen LogP contribution in [-0.4, -0.2) is 33.0 Å². The lowest BCUT2D eigenvalue weighted by Crippen LogP contribution is -2.59. The maximum atomic E-state index is 13.1. The predicted octanol–water partition coefficient (Wildman–Crippen LogP) is 2.05. The van der Waals surface area contributed by atoms with Crippen LogP contribution < -0.4 is 5.32 Å². The number of rotatable bonds is 3. The third-order valence-corrected chi connectivity index (χ3v) is 6.73. The fraction of sp³-hybridized carbons (Fsp3) is 0.571. The molecule has 0 saturated carbocycles. The molecule has 3 rings (SSSR count). The summed E-state index contributed by atoms with van der Waals surface area (Å²) in [4.78, 5) is 0. The molecule has 6 heteroatoms. The minimum Gasteiger partial charge on any atom is -0.315 e. The fourth-order valence-corrected chi connectivity index (χ4v) is 5.50. The first-order valence-electron chi connectivity index (χ1n) is 6.75. The molecule has 110 valence electrons. The average Bonchev–Trinajstić information content (AvgIpc) is 2.67. The van der Waals surface area contributed by atoms with E-state index in [4.69, 9.17) is 11.6 Å². The number of sulfone groups is 1. The second-order valence-electron chi connectivity index (χ2n) is 5.98. The van der Waals surface area contributed by atoms with Gasteiger partial charge < -0.3 is 5.32 Å². The third-order valence-electron chi connectivity index (χ3n) is 4.61. The van der Waals surface area contributed by atoms with Crippen LogP contribution in [0.4, 0.5) is 4.39 Å². The lowest BCUT2D eigenvalue weighted by molar-refractivity contribution is 0.0925. The van der Waals surface area contributed by atoms with Gasteiger partial charge in [0.1, 0.15) is 5.82 Å². The number of hydrogen-bond acceptors (Lipinski definition) is 3. The van der Waals surface area contributed by atoms with E-state index in [1.807, 2.05) is 0 Å². The molecule has 2 aliphatic rings. The topological polar surface area (TPSA) is 46.2 Å². The molecule has 0 bridgehead atoms. The van der Waals surface area contributed by atoms with Gasteiger partial charge in [-0.2, -0.15) is 0 Å². The molecule has 3 nitrogen and oxygen atoms in total. The summed E-state index contributed by atoms with van der Waals surface area (Å²) in [5.41, 5.74) is 0.851. The van der Waals surface area contributed by atoms with E-state index >= 15 is 0 Å². The SMILES string of the molecule is O=S1(=O)CCC(C2(Cc3ccc(F)cc3Cl)CNC2)C1. The van der Waals surface area contributed by atoms with Gasteiger partial charge in [-0.1, -0.05) is 17.7 Å². The summed E-state index contributed by atoms with van der Waals surface area (Å²) >= 11 is 6.10. The molecule has 0 aromatic heterocycles. The van der Waals surface area contributed by atoms with E-state index in [0.29, 0.717) is 11.4 Å².